The first-order valence-corrected chi connectivity index (χ1v) is 9.16. The second-order valence-corrected chi connectivity index (χ2v) is 6.71. The number of aromatic nitrogens is 1. The number of carbonyl (C=O) groups excluding carboxylic acids is 1. The third-order valence-corrected chi connectivity index (χ3v) is 4.20. The Balaban J connectivity index is 2.13. The van der Waals surface area contributed by atoms with Crippen LogP contribution in [0.4, 0.5) is 23.4 Å². The van der Waals surface area contributed by atoms with E-state index in [9.17, 15) is 22.4 Å². The lowest BCUT2D eigenvalue weighted by Gasteiger charge is -2.12. The number of nitrogens with two attached hydrogens (primary N) is 1. The second-order valence-electron chi connectivity index (χ2n) is 6.71. The zero-order valence-electron chi connectivity index (χ0n) is 16.3. The Kier molecular flexibility index (Phi) is 6.37. The first-order valence-electron chi connectivity index (χ1n) is 9.16. The Labute approximate surface area is 176 Å². The van der Waals surface area contributed by atoms with Crippen LogP contribution in [0.3, 0.4) is 0 Å². The molecule has 0 spiro atoms. The molecule has 1 aromatic heterocycles. The molecule has 0 aliphatic carbocycles. The summed E-state index contributed by atoms with van der Waals surface area (Å²) in [4.78, 5) is 16.1. The Bertz CT molecular complexity index is 1160. The minimum absolute atomic E-state index is 0.0396. The molecule has 3 N–H and O–H groups in total. The number of nitrogens with one attached hydrogen (secondary N) is 1. The van der Waals surface area contributed by atoms with E-state index >= 15 is 0 Å². The molecule has 2 aromatic carbocycles. The van der Waals surface area contributed by atoms with Crippen molar-refractivity contribution in [2.75, 3.05) is 5.32 Å². The van der Waals surface area contributed by atoms with E-state index in [2.05, 4.69) is 22.1 Å². The van der Waals surface area contributed by atoms with Crippen molar-refractivity contribution in [2.45, 2.75) is 19.1 Å². The molecule has 31 heavy (non-hydrogen) atoms. The second kappa shape index (κ2) is 8.98. The average molecular weight is 427 g/mol. The molecule has 0 saturated heterocycles. The summed E-state index contributed by atoms with van der Waals surface area (Å²) in [5.41, 5.74) is 5.28. The van der Waals surface area contributed by atoms with Crippen molar-refractivity contribution < 1.29 is 22.4 Å². The average Bonchev–Trinajstić information content (AvgIpc) is 2.72. The molecule has 1 atom stereocenters. The molecule has 0 bridgehead atoms. The third-order valence-electron chi connectivity index (χ3n) is 4.20. The monoisotopic (exact) mass is 427 g/mol. The van der Waals surface area contributed by atoms with Crippen molar-refractivity contribution >= 4 is 11.7 Å². The number of carbonyl (C=O) groups is 1. The van der Waals surface area contributed by atoms with Crippen LogP contribution in [0.1, 0.15) is 23.7 Å². The maximum atomic E-state index is 13.9. The fraction of sp³-hybridized carbons (Fsp3) is 0.130. The topological polar surface area (TPSA) is 68.0 Å². The summed E-state index contributed by atoms with van der Waals surface area (Å²) < 4.78 is 53.4. The lowest BCUT2D eigenvalue weighted by Crippen LogP contribution is -2.32. The molecule has 0 fully saturated rings. The van der Waals surface area contributed by atoms with Crippen LogP contribution in [0, 0.1) is 17.7 Å². The highest BCUT2D eigenvalue weighted by Crippen LogP contribution is 2.34. The fourth-order valence-corrected chi connectivity index (χ4v) is 2.66. The van der Waals surface area contributed by atoms with Crippen LogP contribution in [0.2, 0.25) is 0 Å². The van der Waals surface area contributed by atoms with Gasteiger partial charge in [0, 0.05) is 11.1 Å². The minimum atomic E-state index is -4.72. The van der Waals surface area contributed by atoms with E-state index in [0.29, 0.717) is 11.6 Å². The van der Waals surface area contributed by atoms with Gasteiger partial charge in [-0.25, -0.2) is 9.37 Å². The summed E-state index contributed by atoms with van der Waals surface area (Å²) in [6.07, 6.45) is -4.72. The van der Waals surface area contributed by atoms with Gasteiger partial charge in [0.25, 0.3) is 0 Å². The largest absolute Gasteiger partial charge is 0.416 e. The Hall–Kier alpha value is -3.70. The summed E-state index contributed by atoms with van der Waals surface area (Å²) >= 11 is 0. The molecule has 3 aromatic rings. The molecule has 0 radical (unpaired) electrons. The summed E-state index contributed by atoms with van der Waals surface area (Å²) in [5.74, 6) is 4.26. The molecule has 4 nitrogen and oxygen atoms in total. The zero-order valence-corrected chi connectivity index (χ0v) is 16.3. The number of amides is 1. The van der Waals surface area contributed by atoms with Gasteiger partial charge in [-0.2, -0.15) is 13.2 Å². The van der Waals surface area contributed by atoms with Crippen molar-refractivity contribution in [3.05, 3.63) is 83.3 Å². The molecule has 1 amide bonds. The van der Waals surface area contributed by atoms with Crippen LogP contribution >= 0.6 is 0 Å². The number of pyridine rings is 1. The van der Waals surface area contributed by atoms with Crippen LogP contribution in [0.25, 0.3) is 11.1 Å². The van der Waals surface area contributed by atoms with E-state index in [4.69, 9.17) is 5.73 Å². The molecule has 1 heterocycles. The molecule has 1 unspecified atom stereocenters. The lowest BCUT2D eigenvalue weighted by molar-refractivity contribution is -0.137. The van der Waals surface area contributed by atoms with Gasteiger partial charge in [-0.3, -0.25) is 4.79 Å². The van der Waals surface area contributed by atoms with Crippen molar-refractivity contribution in [1.29, 1.82) is 0 Å². The van der Waals surface area contributed by atoms with Crippen LogP contribution in [-0.4, -0.2) is 16.9 Å². The number of halogens is 4. The maximum Gasteiger partial charge on any atom is 0.416 e. The van der Waals surface area contributed by atoms with E-state index in [1.54, 1.807) is 24.3 Å². The highest BCUT2D eigenvalue weighted by Gasteiger charge is 2.31. The predicted octanol–water partition coefficient (Wildman–Crippen LogP) is 4.59. The van der Waals surface area contributed by atoms with Crippen molar-refractivity contribution in [1.82, 2.24) is 4.98 Å². The van der Waals surface area contributed by atoms with Gasteiger partial charge in [0.1, 0.15) is 17.3 Å². The van der Waals surface area contributed by atoms with Crippen molar-refractivity contribution in [2.24, 2.45) is 5.73 Å². The summed E-state index contributed by atoms with van der Waals surface area (Å²) in [5, 5.41) is 2.51. The van der Waals surface area contributed by atoms with E-state index in [0.717, 1.165) is 12.1 Å². The number of alkyl halides is 3. The number of benzene rings is 2. The lowest BCUT2D eigenvalue weighted by atomic mass is 10.0. The number of anilines is 1. The SMILES string of the molecule is CC(N)C(=O)Nc1ccc(-c2cc(F)cc(C(F)(F)F)c2)c(C#Cc2ccccc2)n1. The Morgan fingerprint density at radius 2 is 1.77 bits per heavy atom. The van der Waals surface area contributed by atoms with E-state index in [-0.39, 0.29) is 22.6 Å². The van der Waals surface area contributed by atoms with Gasteiger partial charge in [0.05, 0.1) is 11.6 Å². The van der Waals surface area contributed by atoms with E-state index in [1.165, 1.54) is 19.1 Å². The molecule has 0 saturated carbocycles. The number of hydrogen-bond acceptors (Lipinski definition) is 3. The van der Waals surface area contributed by atoms with Gasteiger partial charge in [-0.1, -0.05) is 24.1 Å². The number of nitrogens with zero attached hydrogens (tertiary/aromatic N) is 1. The first-order chi connectivity index (χ1) is 14.6. The van der Waals surface area contributed by atoms with Crippen molar-refractivity contribution in [3.63, 3.8) is 0 Å². The van der Waals surface area contributed by atoms with Gasteiger partial charge in [-0.15, -0.1) is 0 Å². The van der Waals surface area contributed by atoms with Gasteiger partial charge >= 0.3 is 6.18 Å². The number of rotatable bonds is 3. The van der Waals surface area contributed by atoms with Gasteiger partial charge < -0.3 is 11.1 Å². The predicted molar refractivity (Wildman–Crippen MR) is 109 cm³/mol. The highest BCUT2D eigenvalue weighted by atomic mass is 19.4. The molecule has 0 aliphatic rings. The van der Waals surface area contributed by atoms with Crippen molar-refractivity contribution in [3.8, 4) is 23.0 Å². The van der Waals surface area contributed by atoms with Crippen LogP contribution in [-0.2, 0) is 11.0 Å². The highest BCUT2D eigenvalue weighted by molar-refractivity contribution is 5.93. The molecule has 158 valence electrons. The standard InChI is InChI=1S/C23H17F4N3O/c1-14(28)22(31)30-21-10-8-19(16-11-17(23(25,26)27)13-18(24)12-16)20(29-21)9-7-15-5-3-2-4-6-15/h2-6,8,10-14H,28H2,1H3,(H,29,30,31). The zero-order chi connectivity index (χ0) is 22.6. The van der Waals surface area contributed by atoms with E-state index in [1.807, 2.05) is 6.07 Å². The van der Waals surface area contributed by atoms with Gasteiger partial charge in [0.15, 0.2) is 0 Å². The first kappa shape index (κ1) is 22.0. The minimum Gasteiger partial charge on any atom is -0.320 e. The van der Waals surface area contributed by atoms with Gasteiger partial charge in [-0.05, 0) is 60.9 Å². The smallest absolute Gasteiger partial charge is 0.320 e. The van der Waals surface area contributed by atoms with E-state index < -0.39 is 29.5 Å². The molecule has 8 heteroatoms. The summed E-state index contributed by atoms with van der Waals surface area (Å²) in [7, 11) is 0. The molecule has 3 rings (SSSR count). The summed E-state index contributed by atoms with van der Waals surface area (Å²) in [6.45, 7) is 1.49. The Morgan fingerprint density at radius 3 is 2.42 bits per heavy atom. The molecular formula is C23H17F4N3O. The molecule has 0 aliphatic heterocycles. The Morgan fingerprint density at radius 1 is 1.06 bits per heavy atom. The normalized spacial score (nSPS) is 11.9. The van der Waals surface area contributed by atoms with Gasteiger partial charge in [0.2, 0.25) is 5.91 Å². The van der Waals surface area contributed by atoms with Crippen LogP contribution < -0.4 is 11.1 Å². The van der Waals surface area contributed by atoms with Crippen LogP contribution in [0.5, 0.6) is 0 Å². The quantitative estimate of drug-likeness (QED) is 0.475. The van der Waals surface area contributed by atoms with Crippen LogP contribution in [0.15, 0.2) is 60.7 Å². The summed E-state index contributed by atoms with van der Waals surface area (Å²) in [6, 6.07) is 13.1. The fourth-order valence-electron chi connectivity index (χ4n) is 2.66. The third kappa shape index (κ3) is 5.68. The number of hydrogen-bond donors (Lipinski definition) is 2. The maximum absolute atomic E-state index is 13.9. The molecular weight excluding hydrogens is 410 g/mol.